The number of amides is 1. The van der Waals surface area contributed by atoms with E-state index in [0.717, 1.165) is 32.6 Å². The van der Waals surface area contributed by atoms with E-state index < -0.39 is 0 Å². The van der Waals surface area contributed by atoms with Crippen LogP contribution in [0.15, 0.2) is 0 Å². The summed E-state index contributed by atoms with van der Waals surface area (Å²) in [6.07, 6.45) is 0.850. The molecule has 1 rings (SSSR count). The van der Waals surface area contributed by atoms with Crippen LogP contribution in [0.3, 0.4) is 0 Å². The number of rotatable bonds is 3. The number of nitrogens with one attached hydrogen (secondary N) is 1. The average Bonchev–Trinajstić information content (AvgIpc) is 2.28. The molecule has 1 saturated heterocycles. The van der Waals surface area contributed by atoms with Crippen LogP contribution in [0.25, 0.3) is 0 Å². The summed E-state index contributed by atoms with van der Waals surface area (Å²) in [7, 11) is 3.95. The van der Waals surface area contributed by atoms with Crippen molar-refractivity contribution in [3.05, 3.63) is 0 Å². The van der Waals surface area contributed by atoms with Crippen LogP contribution in [0.1, 0.15) is 20.3 Å². The number of nitrogens with zero attached hydrogens (tertiary/aromatic N) is 2. The van der Waals surface area contributed by atoms with E-state index in [4.69, 9.17) is 0 Å². The van der Waals surface area contributed by atoms with Crippen molar-refractivity contribution >= 4 is 5.91 Å². The summed E-state index contributed by atoms with van der Waals surface area (Å²) in [4.78, 5) is 16.3. The predicted molar refractivity (Wildman–Crippen MR) is 61.8 cm³/mol. The molecule has 1 amide bonds. The Kier molecular flexibility index (Phi) is 4.11. The third-order valence-electron chi connectivity index (χ3n) is 3.54. The molecule has 0 bridgehead atoms. The fourth-order valence-corrected chi connectivity index (χ4v) is 1.87. The fourth-order valence-electron chi connectivity index (χ4n) is 1.87. The summed E-state index contributed by atoms with van der Waals surface area (Å²) >= 11 is 0. The molecule has 1 aliphatic rings. The van der Waals surface area contributed by atoms with Crippen molar-refractivity contribution in [3.8, 4) is 0 Å². The topological polar surface area (TPSA) is 35.6 Å². The molecule has 0 radical (unpaired) electrons. The Morgan fingerprint density at radius 2 is 1.93 bits per heavy atom. The standard InChI is InChI=1S/C11H23N3O/c1-5-11(2,13(3)4)10(15)14-8-6-12-7-9-14/h12H,5-9H2,1-4H3. The molecular formula is C11H23N3O. The molecule has 15 heavy (non-hydrogen) atoms. The quantitative estimate of drug-likeness (QED) is 0.725. The molecule has 1 atom stereocenters. The van der Waals surface area contributed by atoms with Crippen molar-refractivity contribution in [2.75, 3.05) is 40.3 Å². The minimum Gasteiger partial charge on any atom is -0.339 e. The predicted octanol–water partition coefficient (Wildman–Crippen LogP) is 0.149. The molecule has 4 heteroatoms. The van der Waals surface area contributed by atoms with Crippen molar-refractivity contribution in [2.24, 2.45) is 0 Å². The van der Waals surface area contributed by atoms with Gasteiger partial charge in [0.15, 0.2) is 0 Å². The lowest BCUT2D eigenvalue weighted by molar-refractivity contribution is -0.143. The highest BCUT2D eigenvalue weighted by Gasteiger charge is 2.37. The molecule has 1 heterocycles. The van der Waals surface area contributed by atoms with Gasteiger partial charge in [0.05, 0.1) is 5.54 Å². The zero-order chi connectivity index (χ0) is 11.5. The molecule has 4 nitrogen and oxygen atoms in total. The Morgan fingerprint density at radius 3 is 2.33 bits per heavy atom. The van der Waals surface area contributed by atoms with Gasteiger partial charge in [0, 0.05) is 26.2 Å². The molecule has 0 spiro atoms. The van der Waals surface area contributed by atoms with Crippen molar-refractivity contribution in [1.29, 1.82) is 0 Å². The SMILES string of the molecule is CCC(C)(C(=O)N1CCNCC1)N(C)C. The van der Waals surface area contributed by atoms with Gasteiger partial charge in [-0.25, -0.2) is 0 Å². The third kappa shape index (κ3) is 2.49. The van der Waals surface area contributed by atoms with E-state index >= 15 is 0 Å². The second kappa shape index (κ2) is 4.94. The van der Waals surface area contributed by atoms with E-state index in [1.54, 1.807) is 0 Å². The van der Waals surface area contributed by atoms with Gasteiger partial charge in [-0.15, -0.1) is 0 Å². The molecule has 1 fully saturated rings. The summed E-state index contributed by atoms with van der Waals surface area (Å²) in [5.74, 6) is 0.261. The number of hydrogen-bond acceptors (Lipinski definition) is 3. The van der Waals surface area contributed by atoms with Gasteiger partial charge in [0.1, 0.15) is 0 Å². The lowest BCUT2D eigenvalue weighted by atomic mass is 9.95. The zero-order valence-electron chi connectivity index (χ0n) is 10.3. The van der Waals surface area contributed by atoms with Crippen LogP contribution in [0.2, 0.25) is 0 Å². The molecule has 88 valence electrons. The highest BCUT2D eigenvalue weighted by Crippen LogP contribution is 2.19. The van der Waals surface area contributed by atoms with Crippen LogP contribution in [0.4, 0.5) is 0 Å². The van der Waals surface area contributed by atoms with Crippen LogP contribution >= 0.6 is 0 Å². The first kappa shape index (κ1) is 12.5. The molecule has 0 aromatic carbocycles. The van der Waals surface area contributed by atoms with Crippen molar-refractivity contribution in [3.63, 3.8) is 0 Å². The van der Waals surface area contributed by atoms with E-state index in [-0.39, 0.29) is 11.4 Å². The maximum atomic E-state index is 12.3. The second-order valence-corrected chi connectivity index (χ2v) is 4.56. The largest absolute Gasteiger partial charge is 0.339 e. The Labute approximate surface area is 92.6 Å². The Balaban J connectivity index is 2.71. The van der Waals surface area contributed by atoms with Crippen molar-refractivity contribution < 1.29 is 4.79 Å². The summed E-state index contributed by atoms with van der Waals surface area (Å²) < 4.78 is 0. The number of hydrogen-bond donors (Lipinski definition) is 1. The smallest absolute Gasteiger partial charge is 0.242 e. The minimum absolute atomic E-state index is 0.261. The summed E-state index contributed by atoms with van der Waals surface area (Å²) in [5.41, 5.74) is -0.350. The molecule has 1 aliphatic heterocycles. The van der Waals surface area contributed by atoms with Crippen LogP contribution in [0.5, 0.6) is 0 Å². The molecule has 0 saturated carbocycles. The monoisotopic (exact) mass is 213 g/mol. The number of likely N-dealkylation sites (N-methyl/N-ethyl adjacent to an activating group) is 1. The van der Waals surface area contributed by atoms with Crippen molar-refractivity contribution in [2.45, 2.75) is 25.8 Å². The highest BCUT2D eigenvalue weighted by atomic mass is 16.2. The van der Waals surface area contributed by atoms with Gasteiger partial charge in [-0.05, 0) is 27.4 Å². The molecule has 1 N–H and O–H groups in total. The second-order valence-electron chi connectivity index (χ2n) is 4.56. The van der Waals surface area contributed by atoms with Gasteiger partial charge in [0.25, 0.3) is 0 Å². The van der Waals surface area contributed by atoms with Gasteiger partial charge in [-0.2, -0.15) is 0 Å². The maximum Gasteiger partial charge on any atom is 0.242 e. The van der Waals surface area contributed by atoms with Gasteiger partial charge < -0.3 is 10.2 Å². The molecule has 0 aromatic rings. The van der Waals surface area contributed by atoms with Crippen LogP contribution in [0, 0.1) is 0 Å². The van der Waals surface area contributed by atoms with Crippen LogP contribution < -0.4 is 5.32 Å². The fraction of sp³-hybridized carbons (Fsp3) is 0.909. The maximum absolute atomic E-state index is 12.3. The molecule has 1 unspecified atom stereocenters. The zero-order valence-corrected chi connectivity index (χ0v) is 10.3. The lowest BCUT2D eigenvalue weighted by Crippen LogP contribution is -2.58. The summed E-state index contributed by atoms with van der Waals surface area (Å²) in [6.45, 7) is 7.60. The number of carbonyl (C=O) groups excluding carboxylic acids is 1. The van der Waals surface area contributed by atoms with E-state index in [1.807, 2.05) is 30.8 Å². The van der Waals surface area contributed by atoms with E-state index in [1.165, 1.54) is 0 Å². The Hall–Kier alpha value is -0.610. The van der Waals surface area contributed by atoms with E-state index in [2.05, 4.69) is 12.2 Å². The highest BCUT2D eigenvalue weighted by molar-refractivity contribution is 5.86. The van der Waals surface area contributed by atoms with Gasteiger partial charge in [-0.1, -0.05) is 6.92 Å². The Morgan fingerprint density at radius 1 is 1.40 bits per heavy atom. The van der Waals surface area contributed by atoms with E-state index in [9.17, 15) is 4.79 Å². The number of carbonyl (C=O) groups is 1. The summed E-state index contributed by atoms with van der Waals surface area (Å²) in [5, 5.41) is 3.26. The Bertz CT molecular complexity index is 224. The normalized spacial score (nSPS) is 21.5. The van der Waals surface area contributed by atoms with Crippen LogP contribution in [-0.4, -0.2) is 61.5 Å². The first-order valence-electron chi connectivity index (χ1n) is 5.70. The van der Waals surface area contributed by atoms with E-state index in [0.29, 0.717) is 0 Å². The lowest BCUT2D eigenvalue weighted by Gasteiger charge is -2.40. The van der Waals surface area contributed by atoms with Gasteiger partial charge >= 0.3 is 0 Å². The molecule has 0 aromatic heterocycles. The van der Waals surface area contributed by atoms with Gasteiger partial charge in [0.2, 0.25) is 5.91 Å². The van der Waals surface area contributed by atoms with Crippen LogP contribution in [-0.2, 0) is 4.79 Å². The minimum atomic E-state index is -0.350. The van der Waals surface area contributed by atoms with Gasteiger partial charge in [-0.3, -0.25) is 9.69 Å². The molecular weight excluding hydrogens is 190 g/mol. The number of piperazine rings is 1. The first-order valence-corrected chi connectivity index (χ1v) is 5.70. The third-order valence-corrected chi connectivity index (χ3v) is 3.54. The summed E-state index contributed by atoms with van der Waals surface area (Å²) in [6, 6.07) is 0. The average molecular weight is 213 g/mol. The first-order chi connectivity index (χ1) is 7.02. The van der Waals surface area contributed by atoms with Crippen molar-refractivity contribution in [1.82, 2.24) is 15.1 Å². The molecule has 0 aliphatic carbocycles.